The fourth-order valence-corrected chi connectivity index (χ4v) is 1.44. The Kier molecular flexibility index (Phi) is 2.74. The van der Waals surface area contributed by atoms with Gasteiger partial charge in [-0.3, -0.25) is 10.1 Å². The zero-order valence-corrected chi connectivity index (χ0v) is 8.90. The number of hydrogen-bond acceptors (Lipinski definition) is 4. The molecule has 6 heteroatoms. The van der Waals surface area contributed by atoms with Crippen LogP contribution in [0.2, 0.25) is 0 Å². The smallest absolute Gasteiger partial charge is 0.270 e. The minimum absolute atomic E-state index is 0.0301. The van der Waals surface area contributed by atoms with Gasteiger partial charge >= 0.3 is 0 Å². The first-order valence-corrected chi connectivity index (χ1v) is 4.88. The van der Waals surface area contributed by atoms with Crippen LogP contribution in [0.3, 0.4) is 0 Å². The van der Waals surface area contributed by atoms with Crippen LogP contribution in [0.4, 0.5) is 5.69 Å². The molecule has 0 atom stereocenters. The molecule has 0 aliphatic rings. The molecule has 0 radical (unpaired) electrons. The summed E-state index contributed by atoms with van der Waals surface area (Å²) in [6.07, 6.45) is 1.56. The van der Waals surface area contributed by atoms with Gasteiger partial charge in [0.1, 0.15) is 10.5 Å². The van der Waals surface area contributed by atoms with Crippen LogP contribution < -0.4 is 0 Å². The van der Waals surface area contributed by atoms with E-state index in [1.165, 1.54) is 12.1 Å². The van der Waals surface area contributed by atoms with Crippen molar-refractivity contribution in [2.75, 3.05) is 0 Å². The van der Waals surface area contributed by atoms with E-state index in [9.17, 15) is 10.1 Å². The van der Waals surface area contributed by atoms with Gasteiger partial charge in [0.15, 0.2) is 0 Å². The number of aromatic nitrogens is 2. The maximum Gasteiger partial charge on any atom is 0.270 e. The molecule has 1 aromatic heterocycles. The summed E-state index contributed by atoms with van der Waals surface area (Å²) in [5, 5.41) is 10.6. The summed E-state index contributed by atoms with van der Waals surface area (Å²) in [6.45, 7) is 0. The number of non-ortho nitro benzene ring substituents is 1. The topological polar surface area (TPSA) is 71.8 Å². The summed E-state index contributed by atoms with van der Waals surface area (Å²) < 4.78 is 0.538. The van der Waals surface area contributed by atoms with Crippen molar-refractivity contribution in [3.05, 3.63) is 51.3 Å². The number of H-pyrrole nitrogens is 1. The molecule has 0 saturated heterocycles. The second-order valence-corrected chi connectivity index (χ2v) is 3.53. The fraction of sp³-hybridized carbons (Fsp3) is 0. The molecule has 0 amide bonds. The van der Waals surface area contributed by atoms with Gasteiger partial charge in [-0.25, -0.2) is 4.98 Å². The first kappa shape index (κ1) is 10.4. The Hall–Kier alpha value is -2.08. The molecule has 1 N–H and O–H groups in total. The highest BCUT2D eigenvalue weighted by Crippen LogP contribution is 2.20. The van der Waals surface area contributed by atoms with Crippen LogP contribution >= 0.6 is 12.2 Å². The number of nitrogens with zero attached hydrogens (tertiary/aromatic N) is 2. The molecule has 0 unspecified atom stereocenters. The zero-order chi connectivity index (χ0) is 11.5. The molecule has 80 valence electrons. The summed E-state index contributed by atoms with van der Waals surface area (Å²) in [4.78, 5) is 17.1. The number of hydrogen-bond donors (Lipinski definition) is 1. The van der Waals surface area contributed by atoms with Crippen molar-refractivity contribution in [2.45, 2.75) is 0 Å². The van der Waals surface area contributed by atoms with Gasteiger partial charge in [-0.15, -0.1) is 0 Å². The second kappa shape index (κ2) is 4.19. The van der Waals surface area contributed by atoms with E-state index in [1.807, 2.05) is 0 Å². The third kappa shape index (κ3) is 2.12. The molecule has 1 heterocycles. The number of nitro benzene ring substituents is 1. The molecule has 0 fully saturated rings. The van der Waals surface area contributed by atoms with Gasteiger partial charge in [0, 0.05) is 23.9 Å². The Balaban J connectivity index is 2.52. The van der Waals surface area contributed by atoms with Crippen LogP contribution in [-0.2, 0) is 0 Å². The number of nitro groups is 1. The first-order chi connectivity index (χ1) is 7.66. The van der Waals surface area contributed by atoms with Gasteiger partial charge in [-0.2, -0.15) is 0 Å². The number of rotatable bonds is 2. The number of benzene rings is 1. The average molecular weight is 233 g/mol. The van der Waals surface area contributed by atoms with Crippen molar-refractivity contribution < 1.29 is 4.92 Å². The fourth-order valence-electron chi connectivity index (χ4n) is 1.28. The van der Waals surface area contributed by atoms with E-state index in [0.717, 1.165) is 0 Å². The molecule has 0 aliphatic heterocycles. The molecule has 2 aromatic rings. The van der Waals surface area contributed by atoms with Crippen LogP contribution in [0.5, 0.6) is 0 Å². The molecule has 1 aromatic carbocycles. The summed E-state index contributed by atoms with van der Waals surface area (Å²) in [6, 6.07) is 7.88. The molecule has 16 heavy (non-hydrogen) atoms. The predicted molar refractivity (Wildman–Crippen MR) is 61.5 cm³/mol. The van der Waals surface area contributed by atoms with Crippen molar-refractivity contribution >= 4 is 17.9 Å². The lowest BCUT2D eigenvalue weighted by Crippen LogP contribution is -1.91. The SMILES string of the molecule is O=[N+]([O-])c1cccc(-c2nccc(=S)[nH]2)c1. The largest absolute Gasteiger partial charge is 0.331 e. The van der Waals surface area contributed by atoms with Crippen LogP contribution in [0.25, 0.3) is 11.4 Å². The lowest BCUT2D eigenvalue weighted by Gasteiger charge is -1.99. The van der Waals surface area contributed by atoms with Gasteiger partial charge in [-0.05, 0) is 6.07 Å². The third-order valence-corrected chi connectivity index (χ3v) is 2.24. The number of nitrogens with one attached hydrogen (secondary N) is 1. The highest BCUT2D eigenvalue weighted by Gasteiger charge is 2.07. The highest BCUT2D eigenvalue weighted by atomic mass is 32.1. The van der Waals surface area contributed by atoms with Gasteiger partial charge < -0.3 is 4.98 Å². The lowest BCUT2D eigenvalue weighted by atomic mass is 10.2. The number of aromatic amines is 1. The van der Waals surface area contributed by atoms with E-state index in [1.54, 1.807) is 24.4 Å². The van der Waals surface area contributed by atoms with E-state index in [-0.39, 0.29) is 5.69 Å². The molecule has 0 bridgehead atoms. The Bertz CT molecular complexity index is 594. The van der Waals surface area contributed by atoms with Crippen molar-refractivity contribution in [2.24, 2.45) is 0 Å². The Labute approximate surface area is 95.9 Å². The average Bonchev–Trinajstić information content (AvgIpc) is 2.29. The minimum Gasteiger partial charge on any atom is -0.331 e. The van der Waals surface area contributed by atoms with Gasteiger partial charge in [0.05, 0.1) is 4.92 Å². The molecule has 0 saturated carbocycles. The van der Waals surface area contributed by atoms with Crippen LogP contribution in [0.15, 0.2) is 36.5 Å². The van der Waals surface area contributed by atoms with Crippen molar-refractivity contribution in [1.82, 2.24) is 9.97 Å². The lowest BCUT2D eigenvalue weighted by molar-refractivity contribution is -0.384. The van der Waals surface area contributed by atoms with Crippen molar-refractivity contribution in [3.63, 3.8) is 0 Å². The minimum atomic E-state index is -0.443. The summed E-state index contributed by atoms with van der Waals surface area (Å²) in [5.74, 6) is 0.524. The molecule has 0 aliphatic carbocycles. The maximum atomic E-state index is 10.6. The molecular weight excluding hydrogens is 226 g/mol. The Morgan fingerprint density at radius 2 is 2.19 bits per heavy atom. The molecule has 5 nitrogen and oxygen atoms in total. The highest BCUT2D eigenvalue weighted by molar-refractivity contribution is 7.71. The predicted octanol–water partition coefficient (Wildman–Crippen LogP) is 2.71. The van der Waals surface area contributed by atoms with Gasteiger partial charge in [-0.1, -0.05) is 24.4 Å². The maximum absolute atomic E-state index is 10.6. The third-order valence-electron chi connectivity index (χ3n) is 2.00. The monoisotopic (exact) mass is 233 g/mol. The quantitative estimate of drug-likeness (QED) is 0.491. The molecule has 2 rings (SSSR count). The van der Waals surface area contributed by atoms with Crippen molar-refractivity contribution in [1.29, 1.82) is 0 Å². The van der Waals surface area contributed by atoms with Crippen LogP contribution in [-0.4, -0.2) is 14.9 Å². The molecule has 0 spiro atoms. The summed E-state index contributed by atoms with van der Waals surface area (Å²) in [5.41, 5.74) is 0.670. The van der Waals surface area contributed by atoms with Crippen LogP contribution in [0.1, 0.15) is 0 Å². The standard InChI is InChI=1S/C10H7N3O2S/c14-13(15)8-3-1-2-7(6-8)10-11-5-4-9(16)12-10/h1-6H,(H,11,12,16). The van der Waals surface area contributed by atoms with Crippen LogP contribution in [0, 0.1) is 14.8 Å². The Morgan fingerprint density at radius 1 is 1.38 bits per heavy atom. The molecular formula is C10H7N3O2S. The van der Waals surface area contributed by atoms with E-state index >= 15 is 0 Å². The normalized spacial score (nSPS) is 10.0. The van der Waals surface area contributed by atoms with Gasteiger partial charge in [0.2, 0.25) is 0 Å². The van der Waals surface area contributed by atoms with Crippen molar-refractivity contribution in [3.8, 4) is 11.4 Å². The van der Waals surface area contributed by atoms with E-state index in [4.69, 9.17) is 12.2 Å². The second-order valence-electron chi connectivity index (χ2n) is 3.09. The summed E-state index contributed by atoms with van der Waals surface area (Å²) >= 11 is 4.95. The van der Waals surface area contributed by atoms with E-state index in [2.05, 4.69) is 9.97 Å². The first-order valence-electron chi connectivity index (χ1n) is 4.47. The summed E-state index contributed by atoms with van der Waals surface area (Å²) in [7, 11) is 0. The van der Waals surface area contributed by atoms with E-state index in [0.29, 0.717) is 16.0 Å². The Morgan fingerprint density at radius 3 is 2.88 bits per heavy atom. The van der Waals surface area contributed by atoms with Gasteiger partial charge in [0.25, 0.3) is 5.69 Å². The zero-order valence-electron chi connectivity index (χ0n) is 8.08. The van der Waals surface area contributed by atoms with E-state index < -0.39 is 4.92 Å².